The highest BCUT2D eigenvalue weighted by atomic mass is 35.5. The van der Waals surface area contributed by atoms with Crippen molar-refractivity contribution in [1.82, 2.24) is 5.32 Å². The highest BCUT2D eigenvalue weighted by molar-refractivity contribution is 5.90. The third-order valence-corrected chi connectivity index (χ3v) is 4.85. The zero-order valence-corrected chi connectivity index (χ0v) is 17.6. The van der Waals surface area contributed by atoms with Crippen LogP contribution in [0.15, 0.2) is 24.3 Å². The summed E-state index contributed by atoms with van der Waals surface area (Å²) in [6.07, 6.45) is 3.14. The molecule has 1 saturated heterocycles. The predicted octanol–water partition coefficient (Wildman–Crippen LogP) is 4.01. The molecule has 5 nitrogen and oxygen atoms in total. The van der Waals surface area contributed by atoms with Gasteiger partial charge in [0.25, 0.3) is 0 Å². The van der Waals surface area contributed by atoms with Crippen molar-refractivity contribution in [3.8, 4) is 0 Å². The SMILES string of the molecule is CC(C)OCCOCc1cccc(NC(=O)CC(C)C2CCNCC2)c1.Cl. The summed E-state index contributed by atoms with van der Waals surface area (Å²) in [6, 6.07) is 7.88. The van der Waals surface area contributed by atoms with E-state index in [9.17, 15) is 4.79 Å². The Bertz CT molecular complexity index is 548. The van der Waals surface area contributed by atoms with Crippen molar-refractivity contribution < 1.29 is 14.3 Å². The average molecular weight is 399 g/mol. The number of carbonyl (C=O) groups excluding carboxylic acids is 1. The molecule has 0 bridgehead atoms. The molecule has 1 heterocycles. The lowest BCUT2D eigenvalue weighted by Gasteiger charge is -2.27. The van der Waals surface area contributed by atoms with Crippen molar-refractivity contribution in [2.45, 2.75) is 52.7 Å². The maximum absolute atomic E-state index is 12.4. The average Bonchev–Trinajstić information content (AvgIpc) is 2.62. The van der Waals surface area contributed by atoms with E-state index >= 15 is 0 Å². The summed E-state index contributed by atoms with van der Waals surface area (Å²) in [7, 11) is 0. The Morgan fingerprint density at radius 2 is 1.96 bits per heavy atom. The van der Waals surface area contributed by atoms with Crippen LogP contribution < -0.4 is 10.6 Å². The fraction of sp³-hybridized carbons (Fsp3) is 0.667. The van der Waals surface area contributed by atoms with Crippen LogP contribution in [0.3, 0.4) is 0 Å². The monoisotopic (exact) mass is 398 g/mol. The standard InChI is InChI=1S/C21H34N2O3.ClH/c1-16(2)26-12-11-25-15-18-5-4-6-20(14-18)23-21(24)13-17(3)19-7-9-22-10-8-19;/h4-6,14,16-17,19,22H,7-13,15H2,1-3H3,(H,23,24);1H. The lowest BCUT2D eigenvalue weighted by Crippen LogP contribution is -2.32. The van der Waals surface area contributed by atoms with Gasteiger partial charge in [-0.2, -0.15) is 0 Å². The summed E-state index contributed by atoms with van der Waals surface area (Å²) in [5.74, 6) is 1.17. The molecule has 1 amide bonds. The van der Waals surface area contributed by atoms with E-state index in [1.165, 1.54) is 12.8 Å². The molecule has 0 aliphatic carbocycles. The molecular weight excluding hydrogens is 364 g/mol. The van der Waals surface area contributed by atoms with Gasteiger partial charge >= 0.3 is 0 Å². The number of amides is 1. The first-order valence-corrected chi connectivity index (χ1v) is 9.83. The first-order valence-electron chi connectivity index (χ1n) is 9.83. The van der Waals surface area contributed by atoms with E-state index in [2.05, 4.69) is 17.6 Å². The number of carbonyl (C=O) groups is 1. The largest absolute Gasteiger partial charge is 0.376 e. The van der Waals surface area contributed by atoms with E-state index in [0.717, 1.165) is 24.3 Å². The number of benzene rings is 1. The molecule has 154 valence electrons. The van der Waals surface area contributed by atoms with Gasteiger partial charge in [0.1, 0.15) is 0 Å². The van der Waals surface area contributed by atoms with Crippen LogP contribution in [0.25, 0.3) is 0 Å². The molecule has 1 aromatic carbocycles. The van der Waals surface area contributed by atoms with Gasteiger partial charge in [0, 0.05) is 12.1 Å². The first kappa shape index (κ1) is 23.9. The molecule has 6 heteroatoms. The highest BCUT2D eigenvalue weighted by Crippen LogP contribution is 2.24. The quantitative estimate of drug-likeness (QED) is 0.584. The van der Waals surface area contributed by atoms with E-state index in [1.54, 1.807) is 0 Å². The minimum absolute atomic E-state index is 0. The van der Waals surface area contributed by atoms with Gasteiger partial charge in [-0.3, -0.25) is 4.79 Å². The smallest absolute Gasteiger partial charge is 0.224 e. The maximum atomic E-state index is 12.4. The summed E-state index contributed by atoms with van der Waals surface area (Å²) in [5, 5.41) is 6.41. The lowest BCUT2D eigenvalue weighted by molar-refractivity contribution is -0.117. The second-order valence-electron chi connectivity index (χ2n) is 7.49. The van der Waals surface area contributed by atoms with Gasteiger partial charge < -0.3 is 20.1 Å². The number of hydrogen-bond acceptors (Lipinski definition) is 4. The third kappa shape index (κ3) is 9.56. The minimum atomic E-state index is 0. The second kappa shape index (κ2) is 13.1. The maximum Gasteiger partial charge on any atom is 0.224 e. The Balaban J connectivity index is 0.00000364. The fourth-order valence-corrected chi connectivity index (χ4v) is 3.36. The number of anilines is 1. The van der Waals surface area contributed by atoms with Crippen molar-refractivity contribution in [3.05, 3.63) is 29.8 Å². The Kier molecular flexibility index (Phi) is 11.6. The number of hydrogen-bond donors (Lipinski definition) is 2. The summed E-state index contributed by atoms with van der Waals surface area (Å²) in [5.41, 5.74) is 1.89. The topological polar surface area (TPSA) is 59.6 Å². The van der Waals surface area contributed by atoms with Gasteiger partial charge in [-0.15, -0.1) is 12.4 Å². The summed E-state index contributed by atoms with van der Waals surface area (Å²) in [6.45, 7) is 10.1. The van der Waals surface area contributed by atoms with Crippen LogP contribution in [-0.2, 0) is 20.9 Å². The molecule has 0 saturated carbocycles. The molecule has 27 heavy (non-hydrogen) atoms. The zero-order valence-electron chi connectivity index (χ0n) is 16.8. The lowest BCUT2D eigenvalue weighted by atomic mass is 9.84. The molecule has 1 aliphatic rings. The van der Waals surface area contributed by atoms with Gasteiger partial charge in [0.15, 0.2) is 0 Å². The number of ether oxygens (including phenoxy) is 2. The van der Waals surface area contributed by atoms with Gasteiger partial charge in [-0.05, 0) is 69.3 Å². The highest BCUT2D eigenvalue weighted by Gasteiger charge is 2.22. The normalized spacial score (nSPS) is 16.0. The van der Waals surface area contributed by atoms with Gasteiger partial charge in [-0.25, -0.2) is 0 Å². The Labute approximate surface area is 170 Å². The third-order valence-electron chi connectivity index (χ3n) is 4.85. The van der Waals surface area contributed by atoms with Gasteiger partial charge in [0.05, 0.1) is 25.9 Å². The van der Waals surface area contributed by atoms with Crippen molar-refractivity contribution in [1.29, 1.82) is 0 Å². The number of piperidine rings is 1. The molecule has 0 radical (unpaired) electrons. The number of rotatable bonds is 10. The Morgan fingerprint density at radius 3 is 2.67 bits per heavy atom. The van der Waals surface area contributed by atoms with E-state index in [0.29, 0.717) is 38.1 Å². The summed E-state index contributed by atoms with van der Waals surface area (Å²) < 4.78 is 11.1. The van der Waals surface area contributed by atoms with E-state index < -0.39 is 0 Å². The van der Waals surface area contributed by atoms with Crippen LogP contribution in [0.5, 0.6) is 0 Å². The summed E-state index contributed by atoms with van der Waals surface area (Å²) >= 11 is 0. The van der Waals surface area contributed by atoms with Gasteiger partial charge in [-0.1, -0.05) is 19.1 Å². The molecule has 1 aliphatic heterocycles. The van der Waals surface area contributed by atoms with Crippen LogP contribution in [-0.4, -0.2) is 38.3 Å². The molecule has 2 N–H and O–H groups in total. The van der Waals surface area contributed by atoms with Crippen molar-refractivity contribution in [2.24, 2.45) is 11.8 Å². The zero-order chi connectivity index (χ0) is 18.8. The van der Waals surface area contributed by atoms with Crippen LogP contribution in [0, 0.1) is 11.8 Å². The fourth-order valence-electron chi connectivity index (χ4n) is 3.36. The van der Waals surface area contributed by atoms with Crippen LogP contribution >= 0.6 is 12.4 Å². The molecule has 0 aromatic heterocycles. The molecule has 0 spiro atoms. The Hall–Kier alpha value is -1.14. The second-order valence-corrected chi connectivity index (χ2v) is 7.49. The van der Waals surface area contributed by atoms with Crippen molar-refractivity contribution in [3.63, 3.8) is 0 Å². The molecule has 1 unspecified atom stereocenters. The molecule has 1 atom stereocenters. The van der Waals surface area contributed by atoms with Gasteiger partial charge in [0.2, 0.25) is 5.91 Å². The van der Waals surface area contributed by atoms with Crippen molar-refractivity contribution >= 4 is 24.0 Å². The molecule has 2 rings (SSSR count). The summed E-state index contributed by atoms with van der Waals surface area (Å²) in [4.78, 5) is 12.4. The van der Waals surface area contributed by atoms with E-state index in [1.807, 2.05) is 38.1 Å². The first-order chi connectivity index (χ1) is 12.5. The Morgan fingerprint density at radius 1 is 1.22 bits per heavy atom. The molecule has 1 aromatic rings. The van der Waals surface area contributed by atoms with E-state index in [4.69, 9.17) is 9.47 Å². The van der Waals surface area contributed by atoms with Crippen LogP contribution in [0.4, 0.5) is 5.69 Å². The predicted molar refractivity (Wildman–Crippen MR) is 112 cm³/mol. The minimum Gasteiger partial charge on any atom is -0.376 e. The molecule has 1 fully saturated rings. The van der Waals surface area contributed by atoms with E-state index in [-0.39, 0.29) is 24.4 Å². The van der Waals surface area contributed by atoms with Crippen LogP contribution in [0.1, 0.15) is 45.6 Å². The van der Waals surface area contributed by atoms with Crippen molar-refractivity contribution in [2.75, 3.05) is 31.6 Å². The molecular formula is C21H35ClN2O3. The number of nitrogens with one attached hydrogen (secondary N) is 2. The van der Waals surface area contributed by atoms with Crippen LogP contribution in [0.2, 0.25) is 0 Å². The number of halogens is 1.